The van der Waals surface area contributed by atoms with Crippen LogP contribution in [0.25, 0.3) is 0 Å². The average molecular weight is 252 g/mol. The number of halogens is 1. The molecule has 2 unspecified atom stereocenters. The second-order valence-corrected chi connectivity index (χ2v) is 5.01. The van der Waals surface area contributed by atoms with Gasteiger partial charge in [-0.1, -0.05) is 13.0 Å². The molecular formula is C15H25FN2. The van der Waals surface area contributed by atoms with Crippen molar-refractivity contribution in [1.29, 1.82) is 0 Å². The summed E-state index contributed by atoms with van der Waals surface area (Å²) < 4.78 is 14.2. The maximum Gasteiger partial charge on any atom is 0.146 e. The lowest BCUT2D eigenvalue weighted by Gasteiger charge is -2.30. The number of nitrogens with zero attached hydrogens (tertiary/aromatic N) is 1. The first-order chi connectivity index (χ1) is 8.49. The van der Waals surface area contributed by atoms with Crippen LogP contribution in [0, 0.1) is 5.82 Å². The van der Waals surface area contributed by atoms with Crippen molar-refractivity contribution in [3.05, 3.63) is 29.6 Å². The lowest BCUT2D eigenvalue weighted by molar-refractivity contribution is 0.581. The summed E-state index contributed by atoms with van der Waals surface area (Å²) >= 11 is 0. The number of rotatable bonds is 6. The molecule has 102 valence electrons. The quantitative estimate of drug-likeness (QED) is 0.841. The minimum absolute atomic E-state index is 0.0621. The van der Waals surface area contributed by atoms with Crippen molar-refractivity contribution in [2.45, 2.75) is 52.6 Å². The summed E-state index contributed by atoms with van der Waals surface area (Å²) in [7, 11) is 0. The van der Waals surface area contributed by atoms with Gasteiger partial charge < -0.3 is 10.6 Å². The lowest BCUT2D eigenvalue weighted by atomic mass is 10.1. The average Bonchev–Trinajstić information content (AvgIpc) is 2.31. The van der Waals surface area contributed by atoms with Gasteiger partial charge in [0.05, 0.1) is 5.69 Å². The van der Waals surface area contributed by atoms with E-state index in [0.717, 1.165) is 18.5 Å². The minimum atomic E-state index is -0.143. The number of anilines is 1. The van der Waals surface area contributed by atoms with E-state index >= 15 is 0 Å². The van der Waals surface area contributed by atoms with Crippen LogP contribution in [0.1, 0.15) is 39.7 Å². The van der Waals surface area contributed by atoms with E-state index in [9.17, 15) is 4.39 Å². The first-order valence-electron chi connectivity index (χ1n) is 6.80. The third-order valence-electron chi connectivity index (χ3n) is 3.34. The van der Waals surface area contributed by atoms with E-state index in [2.05, 4.69) is 25.7 Å². The third-order valence-corrected chi connectivity index (χ3v) is 3.34. The normalized spacial score (nSPS) is 14.3. The summed E-state index contributed by atoms with van der Waals surface area (Å²) in [6.07, 6.45) is 1.72. The van der Waals surface area contributed by atoms with Gasteiger partial charge in [-0.2, -0.15) is 0 Å². The van der Waals surface area contributed by atoms with Crippen molar-refractivity contribution in [3.8, 4) is 0 Å². The Morgan fingerprint density at radius 1 is 1.28 bits per heavy atom. The van der Waals surface area contributed by atoms with Gasteiger partial charge in [0, 0.05) is 18.6 Å². The summed E-state index contributed by atoms with van der Waals surface area (Å²) in [5, 5.41) is 0. The van der Waals surface area contributed by atoms with Crippen LogP contribution in [-0.4, -0.2) is 18.6 Å². The van der Waals surface area contributed by atoms with Crippen LogP contribution in [-0.2, 0) is 6.42 Å². The molecule has 0 spiro atoms. The summed E-state index contributed by atoms with van der Waals surface area (Å²) in [6.45, 7) is 9.05. The highest BCUT2D eigenvalue weighted by Gasteiger charge is 2.15. The maximum absolute atomic E-state index is 14.2. The van der Waals surface area contributed by atoms with Crippen molar-refractivity contribution >= 4 is 5.69 Å². The van der Waals surface area contributed by atoms with Crippen molar-refractivity contribution in [2.24, 2.45) is 5.73 Å². The van der Waals surface area contributed by atoms with Crippen molar-refractivity contribution < 1.29 is 4.39 Å². The molecule has 1 aromatic carbocycles. The zero-order chi connectivity index (χ0) is 13.7. The van der Waals surface area contributed by atoms with Gasteiger partial charge in [-0.25, -0.2) is 4.39 Å². The molecule has 2 nitrogen and oxygen atoms in total. The van der Waals surface area contributed by atoms with Crippen LogP contribution in [0.4, 0.5) is 10.1 Å². The molecule has 0 bridgehead atoms. The fraction of sp³-hybridized carbons (Fsp3) is 0.600. The van der Waals surface area contributed by atoms with Crippen molar-refractivity contribution in [1.82, 2.24) is 0 Å². The Labute approximate surface area is 110 Å². The molecule has 0 aliphatic heterocycles. The van der Waals surface area contributed by atoms with Crippen LogP contribution in [0.15, 0.2) is 18.2 Å². The molecule has 0 saturated heterocycles. The van der Waals surface area contributed by atoms with Gasteiger partial charge in [0.2, 0.25) is 0 Å². The van der Waals surface area contributed by atoms with E-state index in [0.29, 0.717) is 18.2 Å². The topological polar surface area (TPSA) is 29.3 Å². The molecule has 0 fully saturated rings. The smallest absolute Gasteiger partial charge is 0.146 e. The summed E-state index contributed by atoms with van der Waals surface area (Å²) in [5.41, 5.74) is 7.39. The molecular weight excluding hydrogens is 227 g/mol. The maximum atomic E-state index is 14.2. The number of nitrogens with two attached hydrogens (primary N) is 1. The van der Waals surface area contributed by atoms with Gasteiger partial charge in [0.15, 0.2) is 0 Å². The first-order valence-corrected chi connectivity index (χ1v) is 6.80. The van der Waals surface area contributed by atoms with E-state index in [1.54, 1.807) is 6.07 Å². The molecule has 0 aliphatic rings. The zero-order valence-electron chi connectivity index (χ0n) is 11.9. The Bertz CT molecular complexity index is 377. The van der Waals surface area contributed by atoms with Crippen LogP contribution < -0.4 is 10.6 Å². The van der Waals surface area contributed by atoms with E-state index < -0.39 is 0 Å². The SMILES string of the molecule is CCC(C)N(CC)c1ccc(CC(C)N)cc1F. The molecule has 0 saturated carbocycles. The van der Waals surface area contributed by atoms with Crippen LogP contribution in [0.3, 0.4) is 0 Å². The second kappa shape index (κ2) is 6.74. The Morgan fingerprint density at radius 2 is 1.94 bits per heavy atom. The summed E-state index contributed by atoms with van der Waals surface area (Å²) in [5.74, 6) is -0.143. The highest BCUT2D eigenvalue weighted by Crippen LogP contribution is 2.23. The van der Waals surface area contributed by atoms with E-state index in [-0.39, 0.29) is 11.9 Å². The molecule has 0 aliphatic carbocycles. The zero-order valence-corrected chi connectivity index (χ0v) is 11.9. The highest BCUT2D eigenvalue weighted by atomic mass is 19.1. The van der Waals surface area contributed by atoms with Crippen molar-refractivity contribution in [3.63, 3.8) is 0 Å². The standard InChI is InChI=1S/C15H25FN2/c1-5-12(4)18(6-2)15-8-7-13(9-11(3)17)10-14(15)16/h7-8,10-12H,5-6,9,17H2,1-4H3. The highest BCUT2D eigenvalue weighted by molar-refractivity contribution is 5.50. The molecule has 3 heteroatoms. The van der Waals surface area contributed by atoms with Gasteiger partial charge in [-0.15, -0.1) is 0 Å². The number of hydrogen-bond acceptors (Lipinski definition) is 2. The fourth-order valence-corrected chi connectivity index (χ4v) is 2.22. The Morgan fingerprint density at radius 3 is 2.39 bits per heavy atom. The van der Waals surface area contributed by atoms with Gasteiger partial charge >= 0.3 is 0 Å². The molecule has 0 radical (unpaired) electrons. The monoisotopic (exact) mass is 252 g/mol. The Kier molecular flexibility index (Phi) is 5.60. The Balaban J connectivity index is 2.96. The molecule has 1 aromatic rings. The molecule has 1 rings (SSSR count). The predicted octanol–water partition coefficient (Wildman–Crippen LogP) is 3.34. The number of benzene rings is 1. The molecule has 2 N–H and O–H groups in total. The second-order valence-electron chi connectivity index (χ2n) is 5.01. The first kappa shape index (κ1) is 15.0. The van der Waals surface area contributed by atoms with Gasteiger partial charge in [-0.05, 0) is 51.3 Å². The van der Waals surface area contributed by atoms with Gasteiger partial charge in [0.25, 0.3) is 0 Å². The van der Waals surface area contributed by atoms with Gasteiger partial charge in [0.1, 0.15) is 5.82 Å². The number of hydrogen-bond donors (Lipinski definition) is 1. The third kappa shape index (κ3) is 3.70. The molecule has 0 heterocycles. The Hall–Kier alpha value is -1.09. The molecule has 0 amide bonds. The van der Waals surface area contributed by atoms with E-state index in [1.165, 1.54) is 0 Å². The van der Waals surface area contributed by atoms with Gasteiger partial charge in [-0.3, -0.25) is 0 Å². The van der Waals surface area contributed by atoms with Crippen LogP contribution in [0.5, 0.6) is 0 Å². The molecule has 2 atom stereocenters. The summed E-state index contributed by atoms with van der Waals surface area (Å²) in [4.78, 5) is 2.10. The van der Waals surface area contributed by atoms with Crippen LogP contribution in [0.2, 0.25) is 0 Å². The molecule has 18 heavy (non-hydrogen) atoms. The van der Waals surface area contributed by atoms with Crippen molar-refractivity contribution in [2.75, 3.05) is 11.4 Å². The minimum Gasteiger partial charge on any atom is -0.367 e. The van der Waals surface area contributed by atoms with E-state index in [1.807, 2.05) is 19.1 Å². The lowest BCUT2D eigenvalue weighted by Crippen LogP contribution is -2.33. The van der Waals surface area contributed by atoms with Crippen LogP contribution >= 0.6 is 0 Å². The summed E-state index contributed by atoms with van der Waals surface area (Å²) in [6, 6.07) is 5.88. The molecule has 0 aromatic heterocycles. The predicted molar refractivity (Wildman–Crippen MR) is 76.5 cm³/mol. The van der Waals surface area contributed by atoms with E-state index in [4.69, 9.17) is 5.73 Å². The largest absolute Gasteiger partial charge is 0.367 e. The fourth-order valence-electron chi connectivity index (χ4n) is 2.22.